The minimum atomic E-state index is -1.23. The summed E-state index contributed by atoms with van der Waals surface area (Å²) in [7, 11) is 0. The minimum Gasteiger partial charge on any atom is -0.505 e. The zero-order valence-electron chi connectivity index (χ0n) is 11.9. The van der Waals surface area contributed by atoms with Gasteiger partial charge in [0.15, 0.2) is 11.5 Å². The molecule has 0 radical (unpaired) electrons. The van der Waals surface area contributed by atoms with Crippen LogP contribution >= 0.6 is 0 Å². The molecule has 1 aromatic heterocycles. The maximum absolute atomic E-state index is 12.5. The smallest absolute Gasteiger partial charge is 0.325 e. The average Bonchev–Trinajstić information content (AvgIpc) is 2.87. The lowest BCUT2D eigenvalue weighted by Crippen LogP contribution is -2.47. The van der Waals surface area contributed by atoms with Crippen LogP contribution in [0.5, 0.6) is 0 Å². The third-order valence-corrected chi connectivity index (χ3v) is 3.56. The third-order valence-electron chi connectivity index (χ3n) is 3.56. The molecular formula is C14H16N2O5. The van der Waals surface area contributed by atoms with Crippen LogP contribution in [0.25, 0.3) is 5.76 Å². The van der Waals surface area contributed by atoms with Crippen molar-refractivity contribution in [3.05, 3.63) is 29.6 Å². The minimum absolute atomic E-state index is 0.340. The van der Waals surface area contributed by atoms with Crippen LogP contribution in [0.15, 0.2) is 23.9 Å². The Balaban J connectivity index is 2.48. The van der Waals surface area contributed by atoms with E-state index in [-0.39, 0.29) is 0 Å². The summed E-state index contributed by atoms with van der Waals surface area (Å²) in [4.78, 5) is 35.4. The number of fused-ring (bicyclic) bond motifs is 1. The number of aliphatic carboxylic acids is 1. The van der Waals surface area contributed by atoms with Crippen LogP contribution in [-0.2, 0) is 19.9 Å². The van der Waals surface area contributed by atoms with E-state index in [0.29, 0.717) is 5.69 Å². The first-order valence-electron chi connectivity index (χ1n) is 6.38. The molecule has 0 bridgehead atoms. The summed E-state index contributed by atoms with van der Waals surface area (Å²) in [6, 6.07) is 2.07. The number of rotatable bonds is 3. The van der Waals surface area contributed by atoms with Crippen molar-refractivity contribution in [2.24, 2.45) is 0 Å². The normalized spacial score (nSPS) is 18.1. The van der Waals surface area contributed by atoms with Gasteiger partial charge in [0.25, 0.3) is 5.91 Å². The molecule has 1 amide bonds. The van der Waals surface area contributed by atoms with Gasteiger partial charge in [-0.05, 0) is 32.9 Å². The number of aliphatic hydroxyl groups excluding tert-OH is 1. The third kappa shape index (κ3) is 2.20. The lowest BCUT2D eigenvalue weighted by molar-refractivity contribution is -0.141. The molecule has 7 heteroatoms. The molecule has 1 aromatic rings. The average molecular weight is 292 g/mol. The Morgan fingerprint density at radius 2 is 2.00 bits per heavy atom. The molecule has 0 spiro atoms. The maximum atomic E-state index is 12.5. The first kappa shape index (κ1) is 14.8. The summed E-state index contributed by atoms with van der Waals surface area (Å²) in [5.41, 5.74) is -1.11. The second-order valence-electron chi connectivity index (χ2n) is 5.41. The molecular weight excluding hydrogens is 276 g/mol. The first-order chi connectivity index (χ1) is 9.67. The van der Waals surface area contributed by atoms with Gasteiger partial charge < -0.3 is 20.1 Å². The van der Waals surface area contributed by atoms with Gasteiger partial charge in [0.05, 0.1) is 5.69 Å². The topological polar surface area (TPSA) is 109 Å². The number of nitrogens with one attached hydrogen (secondary N) is 1. The van der Waals surface area contributed by atoms with Crippen molar-refractivity contribution in [1.82, 2.24) is 9.88 Å². The monoisotopic (exact) mass is 292 g/mol. The Labute approximate surface area is 120 Å². The standard InChI is InChI=1S/C14H16N2O5/c1-7(13(20)21)15-12(19)9-10(17)8-5-4-6-16(8)14(2,3)11(9)18/h4-7,17H,1-3H3,(H,15,19)(H,20,21)/t7-/m0/s1. The molecule has 0 aromatic carbocycles. The van der Waals surface area contributed by atoms with E-state index < -0.39 is 40.6 Å². The number of carbonyl (C=O) groups excluding carboxylic acids is 2. The fourth-order valence-electron chi connectivity index (χ4n) is 2.25. The Morgan fingerprint density at radius 3 is 2.57 bits per heavy atom. The molecule has 2 rings (SSSR count). The van der Waals surface area contributed by atoms with Crippen molar-refractivity contribution in [2.75, 3.05) is 0 Å². The van der Waals surface area contributed by atoms with Gasteiger partial charge in [0, 0.05) is 6.20 Å². The van der Waals surface area contributed by atoms with E-state index in [0.717, 1.165) is 0 Å². The van der Waals surface area contributed by atoms with Crippen LogP contribution in [0.4, 0.5) is 0 Å². The summed E-state index contributed by atoms with van der Waals surface area (Å²) in [5, 5.41) is 21.2. The predicted octanol–water partition coefficient (Wildman–Crippen LogP) is 0.664. The van der Waals surface area contributed by atoms with Gasteiger partial charge in [0.1, 0.15) is 17.2 Å². The van der Waals surface area contributed by atoms with Crippen LogP contribution in [0.1, 0.15) is 26.5 Å². The van der Waals surface area contributed by atoms with E-state index in [1.54, 1.807) is 36.7 Å². The molecule has 1 aliphatic rings. The second kappa shape index (κ2) is 4.76. The van der Waals surface area contributed by atoms with E-state index in [2.05, 4.69) is 5.32 Å². The van der Waals surface area contributed by atoms with Crippen molar-refractivity contribution >= 4 is 23.4 Å². The molecule has 7 nitrogen and oxygen atoms in total. The number of carboxylic acids is 1. The Hall–Kier alpha value is -2.57. The summed E-state index contributed by atoms with van der Waals surface area (Å²) < 4.78 is 1.57. The highest BCUT2D eigenvalue weighted by Crippen LogP contribution is 2.33. The molecule has 2 heterocycles. The van der Waals surface area contributed by atoms with Gasteiger partial charge in [-0.25, -0.2) is 0 Å². The molecule has 0 saturated heterocycles. The number of aliphatic hydroxyl groups is 1. The Bertz CT molecular complexity index is 669. The highest BCUT2D eigenvalue weighted by Gasteiger charge is 2.43. The lowest BCUT2D eigenvalue weighted by atomic mass is 9.87. The highest BCUT2D eigenvalue weighted by atomic mass is 16.4. The van der Waals surface area contributed by atoms with Gasteiger partial charge in [-0.15, -0.1) is 0 Å². The molecule has 21 heavy (non-hydrogen) atoms. The number of aromatic nitrogens is 1. The van der Waals surface area contributed by atoms with E-state index in [9.17, 15) is 19.5 Å². The van der Waals surface area contributed by atoms with Crippen LogP contribution in [-0.4, -0.2) is 38.5 Å². The fraction of sp³-hybridized carbons (Fsp3) is 0.357. The van der Waals surface area contributed by atoms with Gasteiger partial charge in [-0.1, -0.05) is 0 Å². The number of amides is 1. The number of nitrogens with zero attached hydrogens (tertiary/aromatic N) is 1. The molecule has 0 aliphatic carbocycles. The van der Waals surface area contributed by atoms with Crippen LogP contribution in [0, 0.1) is 0 Å². The van der Waals surface area contributed by atoms with Crippen molar-refractivity contribution < 1.29 is 24.6 Å². The van der Waals surface area contributed by atoms with Crippen LogP contribution in [0.3, 0.4) is 0 Å². The summed E-state index contributed by atoms with van der Waals surface area (Å²) in [6.45, 7) is 4.53. The molecule has 1 atom stereocenters. The number of ketones is 1. The van der Waals surface area contributed by atoms with Crippen LogP contribution in [0.2, 0.25) is 0 Å². The molecule has 0 fully saturated rings. The molecule has 3 N–H and O–H groups in total. The number of hydrogen-bond donors (Lipinski definition) is 3. The second-order valence-corrected chi connectivity index (χ2v) is 5.41. The van der Waals surface area contributed by atoms with E-state index in [1.807, 2.05) is 0 Å². The zero-order chi connectivity index (χ0) is 15.9. The van der Waals surface area contributed by atoms with Crippen molar-refractivity contribution in [2.45, 2.75) is 32.4 Å². The van der Waals surface area contributed by atoms with Crippen molar-refractivity contribution in [3.8, 4) is 0 Å². The largest absolute Gasteiger partial charge is 0.505 e. The number of carbonyl (C=O) groups is 3. The Kier molecular flexibility index (Phi) is 3.36. The predicted molar refractivity (Wildman–Crippen MR) is 73.6 cm³/mol. The number of hydrogen-bond acceptors (Lipinski definition) is 4. The van der Waals surface area contributed by atoms with E-state index in [4.69, 9.17) is 5.11 Å². The molecule has 0 saturated carbocycles. The fourth-order valence-corrected chi connectivity index (χ4v) is 2.25. The maximum Gasteiger partial charge on any atom is 0.325 e. The van der Waals surface area contributed by atoms with Gasteiger partial charge in [0.2, 0.25) is 0 Å². The number of carboxylic acid groups (broad SMARTS) is 1. The zero-order valence-corrected chi connectivity index (χ0v) is 11.9. The van der Waals surface area contributed by atoms with Gasteiger partial charge in [-0.2, -0.15) is 0 Å². The summed E-state index contributed by atoms with van der Waals surface area (Å²) in [6.07, 6.45) is 1.64. The van der Waals surface area contributed by atoms with Gasteiger partial charge in [-0.3, -0.25) is 14.4 Å². The van der Waals surface area contributed by atoms with Crippen molar-refractivity contribution in [1.29, 1.82) is 0 Å². The lowest BCUT2D eigenvalue weighted by Gasteiger charge is -2.32. The van der Waals surface area contributed by atoms with Crippen LogP contribution < -0.4 is 5.32 Å². The summed E-state index contributed by atoms with van der Waals surface area (Å²) in [5.74, 6) is -3.14. The molecule has 1 aliphatic heterocycles. The molecule has 112 valence electrons. The van der Waals surface area contributed by atoms with E-state index in [1.165, 1.54) is 6.92 Å². The van der Waals surface area contributed by atoms with E-state index >= 15 is 0 Å². The highest BCUT2D eigenvalue weighted by molar-refractivity contribution is 6.26. The summed E-state index contributed by atoms with van der Waals surface area (Å²) >= 11 is 0. The quantitative estimate of drug-likeness (QED) is 0.709. The number of Topliss-reactive ketones (excluding diaryl/α,β-unsaturated/α-hetero) is 1. The molecule has 0 unspecified atom stereocenters. The first-order valence-corrected chi connectivity index (χ1v) is 6.38. The van der Waals surface area contributed by atoms with Gasteiger partial charge >= 0.3 is 5.97 Å². The Morgan fingerprint density at radius 1 is 1.38 bits per heavy atom. The van der Waals surface area contributed by atoms with Crippen molar-refractivity contribution in [3.63, 3.8) is 0 Å². The SMILES string of the molecule is C[C@H](NC(=O)C1=C(O)c2cccn2C(C)(C)C1=O)C(=O)O.